The monoisotopic (exact) mass is 288 g/mol. The second-order valence-corrected chi connectivity index (χ2v) is 6.30. The van der Waals surface area contributed by atoms with Crippen molar-refractivity contribution in [1.29, 1.82) is 0 Å². The number of carbonyl (C=O) groups excluding carboxylic acids is 1. The van der Waals surface area contributed by atoms with Gasteiger partial charge in [-0.05, 0) is 31.2 Å². The molecule has 1 aromatic rings. The van der Waals surface area contributed by atoms with Gasteiger partial charge >= 0.3 is 0 Å². The fourth-order valence-corrected chi connectivity index (χ4v) is 3.53. The van der Waals surface area contributed by atoms with E-state index in [1.807, 2.05) is 18.2 Å². The predicted octanol–water partition coefficient (Wildman–Crippen LogP) is 1.41. The Morgan fingerprint density at radius 1 is 1.10 bits per heavy atom. The van der Waals surface area contributed by atoms with Crippen LogP contribution in [0.1, 0.15) is 37.2 Å². The molecule has 1 aromatic carbocycles. The molecule has 21 heavy (non-hydrogen) atoms. The number of nitrogens with one attached hydrogen (secondary N) is 2. The molecule has 0 bridgehead atoms. The van der Waals surface area contributed by atoms with Crippen LogP contribution in [0.5, 0.6) is 0 Å². The van der Waals surface area contributed by atoms with Crippen LogP contribution in [0.25, 0.3) is 0 Å². The van der Waals surface area contributed by atoms with Crippen LogP contribution < -0.4 is 10.6 Å². The van der Waals surface area contributed by atoms with Crippen LogP contribution in [0, 0.1) is 5.92 Å². The fourth-order valence-electron chi connectivity index (χ4n) is 3.53. The van der Waals surface area contributed by atoms with Crippen LogP contribution in [0.4, 0.5) is 0 Å². The minimum absolute atomic E-state index is 0.0132. The van der Waals surface area contributed by atoms with E-state index in [1.54, 1.807) is 0 Å². The quantitative estimate of drug-likeness (QED) is 0.788. The minimum atomic E-state index is -0.177. The summed E-state index contributed by atoms with van der Waals surface area (Å²) in [6.45, 7) is 1.62. The molecule has 1 saturated carbocycles. The smallest absolute Gasteiger partial charge is 0.225 e. The first-order valence-electron chi connectivity index (χ1n) is 7.98. The van der Waals surface area contributed by atoms with Gasteiger partial charge in [0.15, 0.2) is 0 Å². The zero-order valence-electron chi connectivity index (χ0n) is 12.3. The van der Waals surface area contributed by atoms with E-state index in [0.29, 0.717) is 0 Å². The Morgan fingerprint density at radius 3 is 2.52 bits per heavy atom. The summed E-state index contributed by atoms with van der Waals surface area (Å²) < 4.78 is 0. The zero-order chi connectivity index (χ0) is 14.7. The van der Waals surface area contributed by atoms with Gasteiger partial charge in [-0.15, -0.1) is 0 Å². The molecule has 2 aliphatic rings. The molecule has 4 nitrogen and oxygen atoms in total. The van der Waals surface area contributed by atoms with Gasteiger partial charge in [-0.2, -0.15) is 0 Å². The van der Waals surface area contributed by atoms with E-state index in [2.05, 4.69) is 22.8 Å². The summed E-state index contributed by atoms with van der Waals surface area (Å²) in [4.78, 5) is 12.6. The Hall–Kier alpha value is -1.39. The number of amides is 1. The lowest BCUT2D eigenvalue weighted by atomic mass is 9.87. The molecule has 0 unspecified atom stereocenters. The molecule has 2 atom stereocenters. The summed E-state index contributed by atoms with van der Waals surface area (Å²) in [5, 5.41) is 16.1. The van der Waals surface area contributed by atoms with Crippen molar-refractivity contribution in [3.63, 3.8) is 0 Å². The lowest BCUT2D eigenvalue weighted by Crippen LogP contribution is -2.43. The van der Waals surface area contributed by atoms with E-state index in [0.717, 1.165) is 38.8 Å². The SMILES string of the molecule is O=C(NC1CCC(O)CC1)[C@H]1CNC[C@@H]1c1ccccc1. The van der Waals surface area contributed by atoms with Gasteiger partial charge in [0, 0.05) is 25.0 Å². The summed E-state index contributed by atoms with van der Waals surface area (Å²) in [7, 11) is 0. The molecule has 1 aliphatic heterocycles. The molecule has 0 radical (unpaired) electrons. The minimum Gasteiger partial charge on any atom is -0.393 e. The molecule has 0 spiro atoms. The van der Waals surface area contributed by atoms with Gasteiger partial charge in [-0.25, -0.2) is 0 Å². The Morgan fingerprint density at radius 2 is 1.81 bits per heavy atom. The van der Waals surface area contributed by atoms with E-state index >= 15 is 0 Å². The summed E-state index contributed by atoms with van der Waals surface area (Å²) in [6, 6.07) is 10.5. The van der Waals surface area contributed by atoms with Crippen LogP contribution >= 0.6 is 0 Å². The fraction of sp³-hybridized carbons (Fsp3) is 0.588. The number of hydrogen-bond donors (Lipinski definition) is 3. The van der Waals surface area contributed by atoms with Crippen molar-refractivity contribution in [3.8, 4) is 0 Å². The largest absolute Gasteiger partial charge is 0.393 e. The lowest BCUT2D eigenvalue weighted by Gasteiger charge is -2.28. The van der Waals surface area contributed by atoms with Crippen molar-refractivity contribution in [2.75, 3.05) is 13.1 Å². The molecule has 0 aromatic heterocycles. The van der Waals surface area contributed by atoms with Crippen LogP contribution in [0.2, 0.25) is 0 Å². The van der Waals surface area contributed by atoms with E-state index < -0.39 is 0 Å². The average molecular weight is 288 g/mol. The van der Waals surface area contributed by atoms with Crippen LogP contribution in [-0.2, 0) is 4.79 Å². The van der Waals surface area contributed by atoms with Crippen molar-refractivity contribution in [1.82, 2.24) is 10.6 Å². The third-order valence-electron chi connectivity index (χ3n) is 4.82. The second-order valence-electron chi connectivity index (χ2n) is 6.30. The number of carbonyl (C=O) groups is 1. The molecule has 1 saturated heterocycles. The van der Waals surface area contributed by atoms with Crippen molar-refractivity contribution in [2.45, 2.75) is 43.7 Å². The molecule has 114 valence electrons. The van der Waals surface area contributed by atoms with Crippen LogP contribution in [0.15, 0.2) is 30.3 Å². The highest BCUT2D eigenvalue weighted by Gasteiger charge is 2.35. The Balaban J connectivity index is 1.61. The van der Waals surface area contributed by atoms with E-state index in [4.69, 9.17) is 0 Å². The highest BCUT2D eigenvalue weighted by atomic mass is 16.3. The molecule has 4 heteroatoms. The van der Waals surface area contributed by atoms with E-state index in [9.17, 15) is 9.90 Å². The standard InChI is InChI=1S/C17H24N2O2/c20-14-8-6-13(7-9-14)19-17(21)16-11-18-10-15(16)12-4-2-1-3-5-12/h1-5,13-16,18,20H,6-11H2,(H,19,21)/t13?,14?,15-,16+/m1/s1. The van der Waals surface area contributed by atoms with E-state index in [1.165, 1.54) is 5.56 Å². The first kappa shape index (κ1) is 14.5. The van der Waals surface area contributed by atoms with Crippen molar-refractivity contribution < 1.29 is 9.90 Å². The highest BCUT2D eigenvalue weighted by Crippen LogP contribution is 2.29. The number of benzene rings is 1. The third-order valence-corrected chi connectivity index (χ3v) is 4.82. The number of hydrogen-bond acceptors (Lipinski definition) is 3. The Bertz CT molecular complexity index is 469. The number of rotatable bonds is 3. The normalized spacial score (nSPS) is 32.8. The summed E-state index contributed by atoms with van der Waals surface area (Å²) >= 11 is 0. The van der Waals surface area contributed by atoms with Crippen molar-refractivity contribution in [3.05, 3.63) is 35.9 Å². The Kier molecular flexibility index (Phi) is 4.56. The zero-order valence-corrected chi connectivity index (χ0v) is 12.3. The molecule has 3 N–H and O–H groups in total. The topological polar surface area (TPSA) is 61.4 Å². The molecular formula is C17H24N2O2. The van der Waals surface area contributed by atoms with Crippen LogP contribution in [0.3, 0.4) is 0 Å². The summed E-state index contributed by atoms with van der Waals surface area (Å²) in [5.41, 5.74) is 1.24. The van der Waals surface area contributed by atoms with Gasteiger partial charge in [-0.3, -0.25) is 4.79 Å². The number of aliphatic hydroxyl groups is 1. The second kappa shape index (κ2) is 6.58. The predicted molar refractivity (Wildman–Crippen MR) is 81.9 cm³/mol. The molecule has 3 rings (SSSR count). The molecular weight excluding hydrogens is 264 g/mol. The molecule has 1 aliphatic carbocycles. The van der Waals surface area contributed by atoms with Crippen LogP contribution in [-0.4, -0.2) is 36.2 Å². The molecule has 1 amide bonds. The molecule has 1 heterocycles. The van der Waals surface area contributed by atoms with Crippen molar-refractivity contribution in [2.24, 2.45) is 5.92 Å². The Labute approximate surface area is 125 Å². The van der Waals surface area contributed by atoms with Gasteiger partial charge in [0.1, 0.15) is 0 Å². The first-order chi connectivity index (χ1) is 10.2. The maximum Gasteiger partial charge on any atom is 0.225 e. The van der Waals surface area contributed by atoms with E-state index in [-0.39, 0.29) is 29.9 Å². The van der Waals surface area contributed by atoms with Gasteiger partial charge in [0.05, 0.1) is 12.0 Å². The summed E-state index contributed by atoms with van der Waals surface area (Å²) in [6.07, 6.45) is 3.21. The maximum absolute atomic E-state index is 12.6. The average Bonchev–Trinajstić information content (AvgIpc) is 3.00. The molecule has 2 fully saturated rings. The van der Waals surface area contributed by atoms with Gasteiger partial charge < -0.3 is 15.7 Å². The van der Waals surface area contributed by atoms with Gasteiger partial charge in [0.25, 0.3) is 0 Å². The number of aliphatic hydroxyl groups excluding tert-OH is 1. The highest BCUT2D eigenvalue weighted by molar-refractivity contribution is 5.80. The maximum atomic E-state index is 12.6. The van der Waals surface area contributed by atoms with Crippen molar-refractivity contribution >= 4 is 5.91 Å². The first-order valence-corrected chi connectivity index (χ1v) is 7.98. The summed E-state index contributed by atoms with van der Waals surface area (Å²) in [5.74, 6) is 0.440. The third kappa shape index (κ3) is 3.44. The van der Waals surface area contributed by atoms with Gasteiger partial charge in [-0.1, -0.05) is 30.3 Å². The van der Waals surface area contributed by atoms with Gasteiger partial charge in [0.2, 0.25) is 5.91 Å². The lowest BCUT2D eigenvalue weighted by molar-refractivity contribution is -0.125.